The third-order valence-corrected chi connectivity index (χ3v) is 3.04. The third kappa shape index (κ3) is 5.82. The zero-order valence-corrected chi connectivity index (χ0v) is 12.9. The molecule has 2 aromatic rings. The lowest BCUT2D eigenvalue weighted by atomic mass is 10.2. The number of benzene rings is 1. The fourth-order valence-electron chi connectivity index (χ4n) is 2.06. The van der Waals surface area contributed by atoms with Crippen LogP contribution in [0.5, 0.6) is 5.75 Å². The van der Waals surface area contributed by atoms with E-state index in [4.69, 9.17) is 0 Å². The molecule has 1 heterocycles. The quantitative estimate of drug-likeness (QED) is 0.848. The molecule has 0 bridgehead atoms. The van der Waals surface area contributed by atoms with Crippen molar-refractivity contribution in [1.82, 2.24) is 20.4 Å². The van der Waals surface area contributed by atoms with Gasteiger partial charge in [0.2, 0.25) is 0 Å². The molecule has 0 aliphatic heterocycles. The van der Waals surface area contributed by atoms with Crippen molar-refractivity contribution in [2.24, 2.45) is 0 Å². The van der Waals surface area contributed by atoms with Crippen LogP contribution in [0.25, 0.3) is 0 Å². The van der Waals surface area contributed by atoms with Crippen LogP contribution >= 0.6 is 0 Å². The zero-order valence-electron chi connectivity index (χ0n) is 12.9. The predicted molar refractivity (Wildman–Crippen MR) is 80.2 cm³/mol. The molecular weight excluding hydrogens is 325 g/mol. The fraction of sp³-hybridized carbons (Fsp3) is 0.333. The van der Waals surface area contributed by atoms with Crippen LogP contribution in [0.15, 0.2) is 42.7 Å². The lowest BCUT2D eigenvalue weighted by Gasteiger charge is -2.16. The van der Waals surface area contributed by atoms with Crippen LogP contribution in [-0.2, 0) is 13.1 Å². The van der Waals surface area contributed by atoms with Gasteiger partial charge < -0.3 is 15.4 Å². The predicted octanol–water partition coefficient (Wildman–Crippen LogP) is 2.67. The van der Waals surface area contributed by atoms with Gasteiger partial charge in [0.25, 0.3) is 0 Å². The normalized spacial score (nSPS) is 12.5. The van der Waals surface area contributed by atoms with Gasteiger partial charge in [-0.05, 0) is 19.1 Å². The van der Waals surface area contributed by atoms with E-state index in [0.717, 1.165) is 0 Å². The first-order valence-corrected chi connectivity index (χ1v) is 7.19. The summed E-state index contributed by atoms with van der Waals surface area (Å²) in [4.78, 5) is 11.8. The summed E-state index contributed by atoms with van der Waals surface area (Å²) in [5.74, 6) is -0.338. The Hall–Kier alpha value is -2.71. The smallest absolute Gasteiger partial charge is 0.405 e. The molecule has 0 saturated heterocycles. The summed E-state index contributed by atoms with van der Waals surface area (Å²) in [6.07, 6.45) is -1.39. The standard InChI is InChI=1S/C15H17F3N4O2/c1-11(10-22-8-4-7-20-22)21-14(23)19-9-12-5-2-3-6-13(12)24-15(16,17)18/h2-8,11H,9-10H2,1H3,(H2,19,21,23)/t11-/m1/s1. The van der Waals surface area contributed by atoms with Crippen molar-refractivity contribution in [1.29, 1.82) is 0 Å². The molecule has 1 aromatic heterocycles. The molecule has 1 atom stereocenters. The molecule has 2 amide bonds. The zero-order chi connectivity index (χ0) is 17.6. The number of amides is 2. The molecule has 0 unspecified atom stereocenters. The van der Waals surface area contributed by atoms with Crippen LogP contribution in [0.1, 0.15) is 12.5 Å². The van der Waals surface area contributed by atoms with E-state index in [2.05, 4.69) is 20.5 Å². The molecule has 2 N–H and O–H groups in total. The van der Waals surface area contributed by atoms with Crippen LogP contribution in [0.3, 0.4) is 0 Å². The van der Waals surface area contributed by atoms with Crippen molar-refractivity contribution in [2.75, 3.05) is 0 Å². The highest BCUT2D eigenvalue weighted by Gasteiger charge is 2.31. The van der Waals surface area contributed by atoms with E-state index < -0.39 is 12.4 Å². The number of para-hydroxylation sites is 1. The van der Waals surface area contributed by atoms with E-state index in [1.807, 2.05) is 0 Å². The van der Waals surface area contributed by atoms with E-state index in [9.17, 15) is 18.0 Å². The van der Waals surface area contributed by atoms with Gasteiger partial charge >= 0.3 is 12.4 Å². The van der Waals surface area contributed by atoms with Crippen LogP contribution < -0.4 is 15.4 Å². The summed E-state index contributed by atoms with van der Waals surface area (Å²) in [5.41, 5.74) is 0.227. The number of hydrogen-bond acceptors (Lipinski definition) is 3. The van der Waals surface area contributed by atoms with Gasteiger partial charge in [-0.15, -0.1) is 13.2 Å². The summed E-state index contributed by atoms with van der Waals surface area (Å²) in [6, 6.07) is 6.72. The monoisotopic (exact) mass is 342 g/mol. The Kier molecular flexibility index (Phi) is 5.67. The maximum Gasteiger partial charge on any atom is 0.573 e. The second-order valence-corrected chi connectivity index (χ2v) is 5.11. The number of alkyl halides is 3. The average molecular weight is 342 g/mol. The van der Waals surface area contributed by atoms with E-state index in [1.165, 1.54) is 18.2 Å². The summed E-state index contributed by atoms with van der Waals surface area (Å²) in [7, 11) is 0. The van der Waals surface area contributed by atoms with Crippen LogP contribution in [-0.4, -0.2) is 28.2 Å². The molecule has 0 radical (unpaired) electrons. The van der Waals surface area contributed by atoms with Gasteiger partial charge in [0.15, 0.2) is 0 Å². The number of halogens is 3. The molecule has 24 heavy (non-hydrogen) atoms. The van der Waals surface area contributed by atoms with E-state index in [-0.39, 0.29) is 23.9 Å². The molecule has 9 heteroatoms. The number of nitrogens with one attached hydrogen (secondary N) is 2. The van der Waals surface area contributed by atoms with Gasteiger partial charge in [0, 0.05) is 30.5 Å². The van der Waals surface area contributed by atoms with Crippen LogP contribution in [0, 0.1) is 0 Å². The van der Waals surface area contributed by atoms with Gasteiger partial charge in [-0.2, -0.15) is 5.10 Å². The lowest BCUT2D eigenvalue weighted by Crippen LogP contribution is -2.42. The first kappa shape index (κ1) is 17.6. The van der Waals surface area contributed by atoms with Crippen LogP contribution in [0.2, 0.25) is 0 Å². The number of rotatable bonds is 6. The Labute approximate surface area is 136 Å². The summed E-state index contributed by atoms with van der Waals surface area (Å²) < 4.78 is 42.6. The molecule has 0 aliphatic rings. The lowest BCUT2D eigenvalue weighted by molar-refractivity contribution is -0.274. The maximum atomic E-state index is 12.3. The number of ether oxygens (including phenoxy) is 1. The first-order valence-electron chi connectivity index (χ1n) is 7.19. The van der Waals surface area contributed by atoms with Crippen molar-refractivity contribution in [3.8, 4) is 5.75 Å². The number of nitrogens with zero attached hydrogens (tertiary/aromatic N) is 2. The highest BCUT2D eigenvalue weighted by Crippen LogP contribution is 2.25. The van der Waals surface area contributed by atoms with Gasteiger partial charge in [0.05, 0.1) is 6.54 Å². The van der Waals surface area contributed by atoms with Crippen molar-refractivity contribution >= 4 is 6.03 Å². The molecule has 0 saturated carbocycles. The molecule has 0 aliphatic carbocycles. The molecule has 2 rings (SSSR count). The summed E-state index contributed by atoms with van der Waals surface area (Å²) in [6.45, 7) is 2.18. The topological polar surface area (TPSA) is 68.2 Å². The Morgan fingerprint density at radius 3 is 2.75 bits per heavy atom. The van der Waals surface area contributed by atoms with Crippen molar-refractivity contribution in [3.05, 3.63) is 48.3 Å². The van der Waals surface area contributed by atoms with E-state index in [1.54, 1.807) is 36.1 Å². The Morgan fingerprint density at radius 1 is 1.33 bits per heavy atom. The minimum atomic E-state index is -4.78. The average Bonchev–Trinajstić information content (AvgIpc) is 2.97. The van der Waals surface area contributed by atoms with Gasteiger partial charge in [-0.25, -0.2) is 4.79 Å². The highest BCUT2D eigenvalue weighted by atomic mass is 19.4. The minimum absolute atomic E-state index is 0.0907. The third-order valence-electron chi connectivity index (χ3n) is 3.04. The number of hydrogen-bond donors (Lipinski definition) is 2. The SMILES string of the molecule is C[C@H](Cn1cccn1)NC(=O)NCc1ccccc1OC(F)(F)F. The van der Waals surface area contributed by atoms with Gasteiger partial charge in [-0.1, -0.05) is 18.2 Å². The highest BCUT2D eigenvalue weighted by molar-refractivity contribution is 5.74. The number of carbonyl (C=O) groups is 1. The van der Waals surface area contributed by atoms with E-state index in [0.29, 0.717) is 6.54 Å². The first-order chi connectivity index (χ1) is 11.3. The summed E-state index contributed by atoms with van der Waals surface area (Å²) in [5, 5.41) is 9.22. The number of carbonyl (C=O) groups excluding carboxylic acids is 1. The molecule has 6 nitrogen and oxygen atoms in total. The molecular formula is C15H17F3N4O2. The maximum absolute atomic E-state index is 12.3. The van der Waals surface area contributed by atoms with Crippen molar-refractivity contribution in [2.45, 2.75) is 32.4 Å². The second kappa shape index (κ2) is 7.71. The molecule has 1 aromatic carbocycles. The Morgan fingerprint density at radius 2 is 2.08 bits per heavy atom. The second-order valence-electron chi connectivity index (χ2n) is 5.11. The molecule has 0 fully saturated rings. The Bertz CT molecular complexity index is 659. The number of aromatic nitrogens is 2. The largest absolute Gasteiger partial charge is 0.573 e. The Balaban J connectivity index is 1.85. The fourth-order valence-corrected chi connectivity index (χ4v) is 2.06. The van der Waals surface area contributed by atoms with Gasteiger partial charge in [-0.3, -0.25) is 4.68 Å². The summed E-state index contributed by atoms with van der Waals surface area (Å²) >= 11 is 0. The van der Waals surface area contributed by atoms with Crippen LogP contribution in [0.4, 0.5) is 18.0 Å². The van der Waals surface area contributed by atoms with Crippen molar-refractivity contribution in [3.63, 3.8) is 0 Å². The van der Waals surface area contributed by atoms with Gasteiger partial charge in [0.1, 0.15) is 5.75 Å². The van der Waals surface area contributed by atoms with E-state index >= 15 is 0 Å². The number of urea groups is 1. The van der Waals surface area contributed by atoms with Crippen molar-refractivity contribution < 1.29 is 22.7 Å². The molecule has 0 spiro atoms. The minimum Gasteiger partial charge on any atom is -0.405 e. The molecule has 130 valence electrons.